The third-order valence-electron chi connectivity index (χ3n) is 10.3. The van der Waals surface area contributed by atoms with Crippen LogP contribution >= 0.6 is 0 Å². The summed E-state index contributed by atoms with van der Waals surface area (Å²) in [5, 5.41) is 27.8. The molecule has 3 unspecified atom stereocenters. The summed E-state index contributed by atoms with van der Waals surface area (Å²) in [5.41, 5.74) is 8.72. The van der Waals surface area contributed by atoms with Crippen LogP contribution in [0.5, 0.6) is 0 Å². The van der Waals surface area contributed by atoms with Gasteiger partial charge in [0, 0.05) is 18.6 Å². The molecule has 7 heteroatoms. The van der Waals surface area contributed by atoms with E-state index in [1.54, 1.807) is 0 Å². The number of oxime groups is 1. The summed E-state index contributed by atoms with van der Waals surface area (Å²) in [6.07, 6.45) is 11.4. The Labute approximate surface area is 193 Å². The van der Waals surface area contributed by atoms with Crippen LogP contribution in [0.4, 0.5) is 0 Å². The highest BCUT2D eigenvalue weighted by Crippen LogP contribution is 2.69. The molecule has 4 aliphatic rings. The quantitative estimate of drug-likeness (QED) is 0.255. The summed E-state index contributed by atoms with van der Waals surface area (Å²) in [6, 6.07) is 0. The zero-order chi connectivity index (χ0) is 23.0. The van der Waals surface area contributed by atoms with Gasteiger partial charge in [0.05, 0.1) is 17.9 Å². The van der Waals surface area contributed by atoms with Gasteiger partial charge < -0.3 is 31.3 Å². The van der Waals surface area contributed by atoms with E-state index in [1.165, 1.54) is 6.21 Å². The van der Waals surface area contributed by atoms with E-state index in [9.17, 15) is 10.2 Å². The Hall–Kier alpha value is -0.730. The van der Waals surface area contributed by atoms with Gasteiger partial charge >= 0.3 is 0 Å². The zero-order valence-corrected chi connectivity index (χ0v) is 20.1. The topological polar surface area (TPSA) is 123 Å². The first-order valence-corrected chi connectivity index (χ1v) is 12.9. The van der Waals surface area contributed by atoms with E-state index in [1.807, 2.05) is 0 Å². The molecule has 4 saturated carbocycles. The lowest BCUT2D eigenvalue weighted by Crippen LogP contribution is -2.65. The molecule has 0 aromatic rings. The number of rotatable bonds is 8. The third kappa shape index (κ3) is 3.72. The lowest BCUT2D eigenvalue weighted by molar-refractivity contribution is -0.225. The Morgan fingerprint density at radius 1 is 0.938 bits per heavy atom. The normalized spacial score (nSPS) is 48.3. The average molecular weight is 452 g/mol. The summed E-state index contributed by atoms with van der Waals surface area (Å²) < 4.78 is 6.14. The van der Waals surface area contributed by atoms with Crippen molar-refractivity contribution in [1.29, 1.82) is 0 Å². The largest absolute Gasteiger partial charge is 0.395 e. The van der Waals surface area contributed by atoms with Crippen molar-refractivity contribution < 1.29 is 19.8 Å². The van der Waals surface area contributed by atoms with E-state index in [0.29, 0.717) is 50.5 Å². The molecule has 8 atom stereocenters. The molecule has 32 heavy (non-hydrogen) atoms. The van der Waals surface area contributed by atoms with Gasteiger partial charge in [0.1, 0.15) is 12.2 Å². The number of aliphatic hydroxyl groups is 2. The smallest absolute Gasteiger partial charge is 0.129 e. The maximum Gasteiger partial charge on any atom is 0.129 e. The molecule has 0 radical (unpaired) electrons. The van der Waals surface area contributed by atoms with E-state index in [0.717, 1.165) is 58.0 Å². The molecule has 6 N–H and O–H groups in total. The molecule has 0 saturated heterocycles. The summed E-state index contributed by atoms with van der Waals surface area (Å²) in [4.78, 5) is 5.19. The van der Waals surface area contributed by atoms with Gasteiger partial charge in [-0.15, -0.1) is 0 Å². The Kier molecular flexibility index (Phi) is 6.97. The first kappa shape index (κ1) is 24.4. The molecule has 4 aliphatic carbocycles. The van der Waals surface area contributed by atoms with Crippen LogP contribution in [-0.4, -0.2) is 60.0 Å². The molecule has 0 bridgehead atoms. The molecule has 0 aromatic carbocycles. The lowest BCUT2D eigenvalue weighted by Gasteiger charge is -2.64. The number of ether oxygens (including phenoxy) is 1. The summed E-state index contributed by atoms with van der Waals surface area (Å²) >= 11 is 0. The average Bonchev–Trinajstić information content (AvgIpc) is 2.99. The van der Waals surface area contributed by atoms with Gasteiger partial charge in [-0.1, -0.05) is 19.0 Å². The van der Waals surface area contributed by atoms with Gasteiger partial charge in [-0.2, -0.15) is 0 Å². The Balaban J connectivity index is 1.50. The van der Waals surface area contributed by atoms with Crippen molar-refractivity contribution in [3.8, 4) is 0 Å². The van der Waals surface area contributed by atoms with Gasteiger partial charge in [0.2, 0.25) is 0 Å². The van der Waals surface area contributed by atoms with E-state index in [4.69, 9.17) is 21.0 Å². The van der Waals surface area contributed by atoms with Crippen LogP contribution in [0.25, 0.3) is 0 Å². The van der Waals surface area contributed by atoms with Gasteiger partial charge in [0.15, 0.2) is 0 Å². The minimum Gasteiger partial charge on any atom is -0.395 e. The van der Waals surface area contributed by atoms with Crippen LogP contribution < -0.4 is 11.5 Å². The Morgan fingerprint density at radius 2 is 1.75 bits per heavy atom. The van der Waals surface area contributed by atoms with Crippen molar-refractivity contribution in [3.05, 3.63) is 0 Å². The maximum atomic E-state index is 12.2. The molecule has 7 nitrogen and oxygen atoms in total. The van der Waals surface area contributed by atoms with Crippen molar-refractivity contribution in [2.75, 3.05) is 26.3 Å². The number of nitrogens with zero attached hydrogens (tertiary/aromatic N) is 1. The van der Waals surface area contributed by atoms with E-state index < -0.39 is 16.6 Å². The van der Waals surface area contributed by atoms with E-state index in [-0.39, 0.29) is 11.3 Å². The van der Waals surface area contributed by atoms with Gasteiger partial charge in [-0.05, 0) is 93.9 Å². The second-order valence-corrected chi connectivity index (χ2v) is 11.5. The predicted molar refractivity (Wildman–Crippen MR) is 125 cm³/mol. The zero-order valence-electron chi connectivity index (χ0n) is 20.1. The molecule has 4 fully saturated rings. The lowest BCUT2D eigenvalue weighted by atomic mass is 9.43. The molecule has 0 aliphatic heterocycles. The van der Waals surface area contributed by atoms with Crippen molar-refractivity contribution in [1.82, 2.24) is 0 Å². The minimum absolute atomic E-state index is 0.226. The summed E-state index contributed by atoms with van der Waals surface area (Å²) in [7, 11) is 0. The first-order valence-electron chi connectivity index (χ1n) is 12.9. The second-order valence-electron chi connectivity index (χ2n) is 11.5. The second kappa shape index (κ2) is 9.14. The first-order chi connectivity index (χ1) is 15.2. The fraction of sp³-hybridized carbons (Fsp3) is 0.960. The summed E-state index contributed by atoms with van der Waals surface area (Å²) in [6.45, 7) is 6.71. The van der Waals surface area contributed by atoms with Crippen molar-refractivity contribution in [2.24, 2.45) is 45.2 Å². The van der Waals surface area contributed by atoms with Crippen LogP contribution in [0.3, 0.4) is 0 Å². The maximum absolute atomic E-state index is 12.2. The van der Waals surface area contributed by atoms with E-state index >= 15 is 0 Å². The third-order valence-corrected chi connectivity index (χ3v) is 10.3. The number of nitrogens with two attached hydrogens (primary N) is 2. The highest BCUT2D eigenvalue weighted by Gasteiger charge is 2.71. The van der Waals surface area contributed by atoms with Crippen LogP contribution in [0.15, 0.2) is 5.16 Å². The molecule has 0 amide bonds. The van der Waals surface area contributed by atoms with Crippen LogP contribution in [0, 0.1) is 28.6 Å². The molecule has 0 heterocycles. The van der Waals surface area contributed by atoms with Gasteiger partial charge in [-0.3, -0.25) is 0 Å². The number of fused-ring (bicyclic) bond motifs is 5. The SMILES string of the molecule is C[C@]12CCC(OCCCN)CC1CC[C@@H]1[C@H]2CC[C@]2(C)C(O)(/C=N/OCCN)CC[C@@]12O. The van der Waals surface area contributed by atoms with Crippen LogP contribution in [0.2, 0.25) is 0 Å². The minimum atomic E-state index is -1.15. The van der Waals surface area contributed by atoms with Crippen LogP contribution in [-0.2, 0) is 9.57 Å². The Bertz CT molecular complexity index is 692. The van der Waals surface area contributed by atoms with Crippen molar-refractivity contribution in [3.63, 3.8) is 0 Å². The monoisotopic (exact) mass is 451 g/mol. The fourth-order valence-electron chi connectivity index (χ4n) is 8.16. The van der Waals surface area contributed by atoms with Crippen molar-refractivity contribution >= 4 is 6.21 Å². The summed E-state index contributed by atoms with van der Waals surface area (Å²) in [5.74, 6) is 1.38. The highest BCUT2D eigenvalue weighted by atomic mass is 16.6. The number of hydrogen-bond donors (Lipinski definition) is 4. The molecular weight excluding hydrogens is 406 g/mol. The number of hydrogen-bond acceptors (Lipinski definition) is 7. The van der Waals surface area contributed by atoms with Gasteiger partial charge in [0.25, 0.3) is 0 Å². The molecule has 0 aromatic heterocycles. The standard InChI is InChI=1S/C25H45N3O4/c1-22-8-6-19(31-14-3-12-26)16-18(22)4-5-21-20(22)7-9-23(2)24(29,10-11-25(21,23)30)17-28-32-15-13-27/h17-21,29-30H,3-16,26-27H2,1-2H3/b28-17+/t18?,19?,20-,21-,22+,23-,24?,25-/m1/s1. The Morgan fingerprint density at radius 3 is 2.50 bits per heavy atom. The van der Waals surface area contributed by atoms with Gasteiger partial charge in [-0.25, -0.2) is 0 Å². The van der Waals surface area contributed by atoms with Crippen LogP contribution in [0.1, 0.15) is 78.1 Å². The predicted octanol–water partition coefficient (Wildman–Crippen LogP) is 2.57. The molecule has 0 spiro atoms. The molecular formula is C25H45N3O4. The van der Waals surface area contributed by atoms with E-state index in [2.05, 4.69) is 19.0 Å². The molecule has 184 valence electrons. The molecule has 4 rings (SSSR count). The fourth-order valence-corrected chi connectivity index (χ4v) is 8.16. The highest BCUT2D eigenvalue weighted by molar-refractivity contribution is 5.71. The van der Waals surface area contributed by atoms with Crippen molar-refractivity contribution in [2.45, 2.75) is 95.4 Å².